The van der Waals surface area contributed by atoms with E-state index in [9.17, 15) is 9.59 Å². The number of amides is 2. The second-order valence-electron chi connectivity index (χ2n) is 5.60. The van der Waals surface area contributed by atoms with Crippen LogP contribution in [0.15, 0.2) is 5.10 Å². The molecule has 1 heterocycles. The fourth-order valence-corrected chi connectivity index (χ4v) is 2.82. The van der Waals surface area contributed by atoms with E-state index >= 15 is 0 Å². The molecule has 1 saturated carbocycles. The SMILES string of the molecule is CCC1CCC(CNC(=O)C2=NNC(=O)CC2)CC1. The number of hydrogen-bond acceptors (Lipinski definition) is 3. The highest BCUT2D eigenvalue weighted by Gasteiger charge is 2.22. The van der Waals surface area contributed by atoms with E-state index in [4.69, 9.17) is 0 Å². The molecule has 0 spiro atoms. The van der Waals surface area contributed by atoms with Crippen LogP contribution < -0.4 is 10.7 Å². The van der Waals surface area contributed by atoms with Crippen molar-refractivity contribution in [3.63, 3.8) is 0 Å². The van der Waals surface area contributed by atoms with Gasteiger partial charge in [-0.05, 0) is 24.7 Å². The number of rotatable bonds is 4. The monoisotopic (exact) mass is 265 g/mol. The number of nitrogens with zero attached hydrogens (tertiary/aromatic N) is 1. The first kappa shape index (κ1) is 14.0. The normalized spacial score (nSPS) is 27.4. The maximum Gasteiger partial charge on any atom is 0.267 e. The van der Waals surface area contributed by atoms with E-state index in [1.165, 1.54) is 32.1 Å². The van der Waals surface area contributed by atoms with Crippen molar-refractivity contribution in [1.82, 2.24) is 10.7 Å². The summed E-state index contributed by atoms with van der Waals surface area (Å²) in [6.07, 6.45) is 7.07. The van der Waals surface area contributed by atoms with Gasteiger partial charge in [-0.15, -0.1) is 0 Å². The summed E-state index contributed by atoms with van der Waals surface area (Å²) >= 11 is 0. The molecule has 2 N–H and O–H groups in total. The number of carbonyl (C=O) groups is 2. The molecule has 0 aromatic carbocycles. The average Bonchev–Trinajstić information content (AvgIpc) is 2.46. The van der Waals surface area contributed by atoms with E-state index < -0.39 is 0 Å². The molecule has 0 bridgehead atoms. The second-order valence-corrected chi connectivity index (χ2v) is 5.60. The molecule has 1 aliphatic heterocycles. The summed E-state index contributed by atoms with van der Waals surface area (Å²) in [6, 6.07) is 0. The highest BCUT2D eigenvalue weighted by molar-refractivity contribution is 6.39. The van der Waals surface area contributed by atoms with Crippen molar-refractivity contribution < 1.29 is 9.59 Å². The third kappa shape index (κ3) is 4.04. The summed E-state index contributed by atoms with van der Waals surface area (Å²) in [5.74, 6) is 1.24. The Morgan fingerprint density at radius 3 is 2.53 bits per heavy atom. The third-order valence-electron chi connectivity index (χ3n) is 4.26. The zero-order chi connectivity index (χ0) is 13.7. The van der Waals surface area contributed by atoms with Gasteiger partial charge < -0.3 is 5.32 Å². The molecule has 106 valence electrons. The Morgan fingerprint density at radius 1 is 1.26 bits per heavy atom. The predicted molar refractivity (Wildman–Crippen MR) is 73.6 cm³/mol. The Bertz CT molecular complexity index is 371. The maximum atomic E-state index is 11.9. The quantitative estimate of drug-likeness (QED) is 0.810. The second kappa shape index (κ2) is 6.68. The van der Waals surface area contributed by atoms with Crippen LogP contribution in [0.4, 0.5) is 0 Å². The van der Waals surface area contributed by atoms with Crippen molar-refractivity contribution in [3.8, 4) is 0 Å². The van der Waals surface area contributed by atoms with Gasteiger partial charge in [0.1, 0.15) is 5.71 Å². The molecule has 2 rings (SSSR count). The van der Waals surface area contributed by atoms with E-state index in [1.807, 2.05) is 0 Å². The topological polar surface area (TPSA) is 70.6 Å². The molecule has 1 aliphatic carbocycles. The van der Waals surface area contributed by atoms with E-state index in [2.05, 4.69) is 22.8 Å². The molecule has 2 amide bonds. The first-order valence-corrected chi connectivity index (χ1v) is 7.32. The van der Waals surface area contributed by atoms with Gasteiger partial charge in [0.2, 0.25) is 5.91 Å². The molecule has 0 saturated heterocycles. The standard InChI is InChI=1S/C14H23N3O2/c1-2-10-3-5-11(6-4-10)9-15-14(19)12-7-8-13(18)17-16-12/h10-11H,2-9H2,1H3,(H,15,19)(H,17,18). The van der Waals surface area contributed by atoms with Crippen molar-refractivity contribution in [1.29, 1.82) is 0 Å². The van der Waals surface area contributed by atoms with E-state index in [0.717, 1.165) is 12.5 Å². The molecule has 0 atom stereocenters. The Balaban J connectivity index is 1.71. The minimum atomic E-state index is -0.127. The van der Waals surface area contributed by atoms with Gasteiger partial charge in [-0.1, -0.05) is 26.2 Å². The van der Waals surface area contributed by atoms with E-state index in [1.54, 1.807) is 0 Å². The predicted octanol–water partition coefficient (Wildman–Crippen LogP) is 1.58. The average molecular weight is 265 g/mol. The number of nitrogens with one attached hydrogen (secondary N) is 2. The van der Waals surface area contributed by atoms with Crippen LogP contribution in [0.1, 0.15) is 51.9 Å². The Hall–Kier alpha value is -1.39. The third-order valence-corrected chi connectivity index (χ3v) is 4.26. The zero-order valence-electron chi connectivity index (χ0n) is 11.6. The number of hydrazone groups is 1. The summed E-state index contributed by atoms with van der Waals surface area (Å²) in [5, 5.41) is 6.75. The zero-order valence-corrected chi connectivity index (χ0v) is 11.6. The van der Waals surface area contributed by atoms with Gasteiger partial charge in [-0.2, -0.15) is 5.10 Å². The van der Waals surface area contributed by atoms with Gasteiger partial charge in [0.05, 0.1) is 0 Å². The molecule has 0 aromatic heterocycles. The van der Waals surface area contributed by atoms with Crippen molar-refractivity contribution in [3.05, 3.63) is 0 Å². The summed E-state index contributed by atoms with van der Waals surface area (Å²) in [7, 11) is 0. The summed E-state index contributed by atoms with van der Waals surface area (Å²) in [4.78, 5) is 22.8. The lowest BCUT2D eigenvalue weighted by Gasteiger charge is -2.27. The van der Waals surface area contributed by atoms with Gasteiger partial charge in [0.15, 0.2) is 0 Å². The number of carbonyl (C=O) groups excluding carboxylic acids is 2. The van der Waals surface area contributed by atoms with Crippen LogP contribution in [0.2, 0.25) is 0 Å². The molecule has 5 heteroatoms. The molecule has 19 heavy (non-hydrogen) atoms. The Morgan fingerprint density at radius 2 is 1.95 bits per heavy atom. The van der Waals surface area contributed by atoms with Crippen molar-refractivity contribution in [2.45, 2.75) is 51.9 Å². The number of hydrogen-bond donors (Lipinski definition) is 2. The molecule has 2 aliphatic rings. The van der Waals surface area contributed by atoms with Gasteiger partial charge in [-0.25, -0.2) is 5.43 Å². The summed E-state index contributed by atoms with van der Waals surface area (Å²) < 4.78 is 0. The van der Waals surface area contributed by atoms with Crippen LogP contribution in [0, 0.1) is 11.8 Å². The van der Waals surface area contributed by atoms with Gasteiger partial charge in [0, 0.05) is 19.4 Å². The van der Waals surface area contributed by atoms with Crippen LogP contribution in [-0.4, -0.2) is 24.1 Å². The largest absolute Gasteiger partial charge is 0.351 e. The fourth-order valence-electron chi connectivity index (χ4n) is 2.82. The molecular formula is C14H23N3O2. The lowest BCUT2D eigenvalue weighted by molar-refractivity contribution is -0.121. The first-order chi connectivity index (χ1) is 9.19. The van der Waals surface area contributed by atoms with Gasteiger partial charge in [0.25, 0.3) is 5.91 Å². The molecule has 0 radical (unpaired) electrons. The first-order valence-electron chi connectivity index (χ1n) is 7.32. The van der Waals surface area contributed by atoms with E-state index in [-0.39, 0.29) is 11.8 Å². The van der Waals surface area contributed by atoms with Crippen molar-refractivity contribution in [2.24, 2.45) is 16.9 Å². The molecule has 1 fully saturated rings. The van der Waals surface area contributed by atoms with Crippen LogP contribution >= 0.6 is 0 Å². The van der Waals surface area contributed by atoms with Crippen molar-refractivity contribution >= 4 is 17.5 Å². The highest BCUT2D eigenvalue weighted by Crippen LogP contribution is 2.30. The van der Waals surface area contributed by atoms with Crippen molar-refractivity contribution in [2.75, 3.05) is 6.54 Å². The van der Waals surface area contributed by atoms with Crippen LogP contribution in [0.3, 0.4) is 0 Å². The minimum Gasteiger partial charge on any atom is -0.351 e. The Labute approximate surface area is 114 Å². The molecule has 5 nitrogen and oxygen atoms in total. The lowest BCUT2D eigenvalue weighted by Crippen LogP contribution is -2.39. The Kier molecular flexibility index (Phi) is 4.93. The fraction of sp³-hybridized carbons (Fsp3) is 0.786. The van der Waals surface area contributed by atoms with Crippen LogP contribution in [-0.2, 0) is 9.59 Å². The minimum absolute atomic E-state index is 0.116. The highest BCUT2D eigenvalue weighted by atomic mass is 16.2. The van der Waals surface area contributed by atoms with Gasteiger partial charge in [-0.3, -0.25) is 9.59 Å². The molecule has 0 unspecified atom stereocenters. The molecular weight excluding hydrogens is 242 g/mol. The smallest absolute Gasteiger partial charge is 0.267 e. The summed E-state index contributed by atoms with van der Waals surface area (Å²) in [6.45, 7) is 2.99. The van der Waals surface area contributed by atoms with Crippen LogP contribution in [0.25, 0.3) is 0 Å². The summed E-state index contributed by atoms with van der Waals surface area (Å²) in [5.41, 5.74) is 2.80. The lowest BCUT2D eigenvalue weighted by atomic mass is 9.81. The maximum absolute atomic E-state index is 11.9. The molecule has 0 aromatic rings. The van der Waals surface area contributed by atoms with Gasteiger partial charge >= 0.3 is 0 Å². The van der Waals surface area contributed by atoms with Crippen LogP contribution in [0.5, 0.6) is 0 Å². The van der Waals surface area contributed by atoms with E-state index in [0.29, 0.717) is 24.5 Å².